The molecule has 0 saturated carbocycles. The zero-order valence-corrected chi connectivity index (χ0v) is 17.3. The van der Waals surface area contributed by atoms with Gasteiger partial charge in [0.15, 0.2) is 5.82 Å². The number of carbonyl (C=O) groups is 2. The van der Waals surface area contributed by atoms with E-state index < -0.39 is 16.0 Å². The number of carboxylic acid groups (broad SMARTS) is 1. The third kappa shape index (κ3) is 6.59. The number of aliphatic carboxylic acids is 1. The third-order valence-electron chi connectivity index (χ3n) is 3.65. The number of benzene rings is 1. The second kappa shape index (κ2) is 11.4. The van der Waals surface area contributed by atoms with Crippen molar-refractivity contribution in [2.75, 3.05) is 7.05 Å². The first kappa shape index (κ1) is 23.4. The first-order valence-electron chi connectivity index (χ1n) is 8.82. The van der Waals surface area contributed by atoms with Crippen LogP contribution in [-0.4, -0.2) is 47.0 Å². The minimum Gasteiger partial charge on any atom is -0.478 e. The van der Waals surface area contributed by atoms with Gasteiger partial charge in [0.05, 0.1) is 11.8 Å². The van der Waals surface area contributed by atoms with Gasteiger partial charge in [-0.25, -0.2) is 22.2 Å². The summed E-state index contributed by atoms with van der Waals surface area (Å²) in [5, 5.41) is 10.8. The van der Waals surface area contributed by atoms with Gasteiger partial charge in [-0.05, 0) is 19.2 Å². The van der Waals surface area contributed by atoms with Crippen LogP contribution in [0.5, 0.6) is 0 Å². The fourth-order valence-electron chi connectivity index (χ4n) is 2.38. The second-order valence-electron chi connectivity index (χ2n) is 5.82. The van der Waals surface area contributed by atoms with Gasteiger partial charge < -0.3 is 15.2 Å². The monoisotopic (exact) mass is 444 g/mol. The summed E-state index contributed by atoms with van der Waals surface area (Å²) in [7, 11) is -1.96. The molecule has 0 fully saturated rings. The molecule has 2 aromatic heterocycles. The maximum Gasteiger partial charge on any atom is 0.331 e. The minimum atomic E-state index is -3.75. The molecule has 0 spiro atoms. The Kier molecular flexibility index (Phi) is 8.61. The number of hydrogen-bond acceptors (Lipinski definition) is 8. The maximum absolute atomic E-state index is 12.9. The molecule has 0 aliphatic carbocycles. The molecular formula is C20H20N4O6S. The molecule has 10 nitrogen and oxygen atoms in total. The summed E-state index contributed by atoms with van der Waals surface area (Å²) in [6, 6.07) is 12.4. The summed E-state index contributed by atoms with van der Waals surface area (Å²) in [6.07, 6.45) is 5.92. The van der Waals surface area contributed by atoms with Crippen molar-refractivity contribution in [3.8, 4) is 11.4 Å². The van der Waals surface area contributed by atoms with Gasteiger partial charge in [0, 0.05) is 30.7 Å². The van der Waals surface area contributed by atoms with E-state index in [1.165, 1.54) is 22.4 Å². The molecule has 0 atom stereocenters. The zero-order chi connectivity index (χ0) is 22.7. The van der Waals surface area contributed by atoms with Crippen LogP contribution in [0.15, 0.2) is 78.3 Å². The Bertz CT molecular complexity index is 1130. The summed E-state index contributed by atoms with van der Waals surface area (Å²) in [4.78, 5) is 27.4. The van der Waals surface area contributed by atoms with Crippen molar-refractivity contribution in [2.45, 2.75) is 11.4 Å². The van der Waals surface area contributed by atoms with Gasteiger partial charge >= 0.3 is 5.97 Å². The van der Waals surface area contributed by atoms with Crippen molar-refractivity contribution in [2.24, 2.45) is 0 Å². The van der Waals surface area contributed by atoms with Crippen LogP contribution in [0.2, 0.25) is 0 Å². The molecule has 31 heavy (non-hydrogen) atoms. The van der Waals surface area contributed by atoms with Gasteiger partial charge in [-0.3, -0.25) is 9.78 Å². The van der Waals surface area contributed by atoms with Gasteiger partial charge in [0.2, 0.25) is 0 Å². The Balaban J connectivity index is 0.000000366. The molecule has 3 aromatic rings. The Morgan fingerprint density at radius 1 is 1.23 bits per heavy atom. The van der Waals surface area contributed by atoms with Crippen LogP contribution in [0, 0.1) is 0 Å². The molecule has 0 amide bonds. The van der Waals surface area contributed by atoms with Gasteiger partial charge in [0.25, 0.3) is 16.5 Å². The molecule has 11 heteroatoms. The first-order valence-corrected chi connectivity index (χ1v) is 10.3. The lowest BCUT2D eigenvalue weighted by Crippen LogP contribution is -2.13. The van der Waals surface area contributed by atoms with E-state index in [4.69, 9.17) is 5.11 Å². The molecule has 1 aromatic carbocycles. The summed E-state index contributed by atoms with van der Waals surface area (Å²) in [5.74, 6) is -0.758. The van der Waals surface area contributed by atoms with E-state index in [1.807, 2.05) is 30.3 Å². The smallest absolute Gasteiger partial charge is 0.331 e. The predicted octanol–water partition coefficient (Wildman–Crippen LogP) is 1.66. The van der Waals surface area contributed by atoms with E-state index in [-0.39, 0.29) is 11.4 Å². The Labute approximate surface area is 178 Å². The quantitative estimate of drug-likeness (QED) is 0.301. The van der Waals surface area contributed by atoms with Gasteiger partial charge in [-0.15, -0.1) is 0 Å². The van der Waals surface area contributed by atoms with Gasteiger partial charge in [-0.2, -0.15) is 0 Å². The van der Waals surface area contributed by atoms with Gasteiger partial charge in [0.1, 0.15) is 11.2 Å². The highest BCUT2D eigenvalue weighted by Crippen LogP contribution is 2.24. The number of nitrogens with zero attached hydrogens (tertiary/aromatic N) is 3. The molecular weight excluding hydrogens is 424 g/mol. The number of ether oxygens (including phenoxy) is 1. The number of aromatic nitrogens is 3. The van der Waals surface area contributed by atoms with Crippen molar-refractivity contribution in [3.05, 3.63) is 79.1 Å². The Morgan fingerprint density at radius 2 is 1.97 bits per heavy atom. The van der Waals surface area contributed by atoms with Crippen molar-refractivity contribution < 1.29 is 27.9 Å². The minimum absolute atomic E-state index is 0.130. The predicted molar refractivity (Wildman–Crippen MR) is 111 cm³/mol. The fraction of sp³-hybridized carbons (Fsp3) is 0.100. The molecule has 0 saturated heterocycles. The van der Waals surface area contributed by atoms with E-state index >= 15 is 0 Å². The van der Waals surface area contributed by atoms with E-state index in [0.717, 1.165) is 11.8 Å². The van der Waals surface area contributed by atoms with Gasteiger partial charge in [-0.1, -0.05) is 30.3 Å². The van der Waals surface area contributed by atoms with Crippen molar-refractivity contribution in [3.63, 3.8) is 0 Å². The van der Waals surface area contributed by atoms with E-state index in [0.29, 0.717) is 24.1 Å². The second-order valence-corrected chi connectivity index (χ2v) is 7.63. The highest BCUT2D eigenvalue weighted by Gasteiger charge is 2.23. The summed E-state index contributed by atoms with van der Waals surface area (Å²) >= 11 is 0. The van der Waals surface area contributed by atoms with Crippen LogP contribution in [0.25, 0.3) is 11.4 Å². The lowest BCUT2D eigenvalue weighted by atomic mass is 10.2. The average Bonchev–Trinajstić information content (AvgIpc) is 3.21. The number of imidazole rings is 1. The number of pyridine rings is 1. The van der Waals surface area contributed by atoms with E-state index in [1.54, 1.807) is 19.3 Å². The highest BCUT2D eigenvalue weighted by molar-refractivity contribution is 7.90. The lowest BCUT2D eigenvalue weighted by Gasteiger charge is -2.08. The standard InChI is InChI=1S/C16H16N4O2S.C4H4O4/c1-17-10-14-12-20(16(19-14)13-6-3-2-4-7-13)23(21,22)15-8-5-9-18-11-15;5-3-8-2-1-4(6)7/h2-9,11-12,17H,10H2,1H3;1-3H,(H,6,7)/b;2-1+. The molecule has 2 heterocycles. The zero-order valence-electron chi connectivity index (χ0n) is 16.5. The molecule has 0 bridgehead atoms. The van der Waals surface area contributed by atoms with Crippen molar-refractivity contribution in [1.82, 2.24) is 19.3 Å². The van der Waals surface area contributed by atoms with Crippen LogP contribution in [0.1, 0.15) is 5.69 Å². The van der Waals surface area contributed by atoms with Crippen molar-refractivity contribution >= 4 is 22.5 Å². The molecule has 0 unspecified atom stereocenters. The first-order chi connectivity index (χ1) is 14.9. The molecule has 3 rings (SSSR count). The number of nitrogens with one attached hydrogen (secondary N) is 1. The average molecular weight is 444 g/mol. The Hall–Kier alpha value is -3.83. The molecule has 0 radical (unpaired) electrons. The van der Waals surface area contributed by atoms with Crippen LogP contribution in [0.3, 0.4) is 0 Å². The van der Waals surface area contributed by atoms with E-state index in [2.05, 4.69) is 20.0 Å². The summed E-state index contributed by atoms with van der Waals surface area (Å²) in [6.45, 7) is 0.620. The third-order valence-corrected chi connectivity index (χ3v) is 5.28. The van der Waals surface area contributed by atoms with Crippen LogP contribution in [-0.2, 0) is 30.9 Å². The molecule has 0 aliphatic rings. The molecule has 0 aliphatic heterocycles. The topological polar surface area (TPSA) is 140 Å². The summed E-state index contributed by atoms with van der Waals surface area (Å²) in [5.41, 5.74) is 1.39. The maximum atomic E-state index is 12.9. The number of rotatable bonds is 8. The summed E-state index contributed by atoms with van der Waals surface area (Å²) < 4.78 is 30.9. The normalized spacial score (nSPS) is 10.9. The largest absolute Gasteiger partial charge is 0.478 e. The van der Waals surface area contributed by atoms with E-state index in [9.17, 15) is 18.0 Å². The Morgan fingerprint density at radius 3 is 2.55 bits per heavy atom. The lowest BCUT2D eigenvalue weighted by molar-refractivity contribution is -0.131. The molecule has 162 valence electrons. The number of carboxylic acids is 1. The van der Waals surface area contributed by atoms with Crippen LogP contribution >= 0.6 is 0 Å². The molecule has 2 N–H and O–H groups in total. The van der Waals surface area contributed by atoms with Crippen molar-refractivity contribution in [1.29, 1.82) is 0 Å². The fourth-order valence-corrected chi connectivity index (χ4v) is 3.69. The number of hydrogen-bond donors (Lipinski definition) is 2. The van der Waals surface area contributed by atoms with Crippen LogP contribution in [0.4, 0.5) is 0 Å². The highest BCUT2D eigenvalue weighted by atomic mass is 32.2. The SMILES string of the molecule is CNCc1cn(S(=O)(=O)c2cccnc2)c(-c2ccccc2)n1.O=CO/C=C/C(=O)O. The van der Waals surface area contributed by atoms with Crippen LogP contribution < -0.4 is 5.32 Å². The number of carbonyl (C=O) groups excluding carboxylic acids is 1.